The van der Waals surface area contributed by atoms with Crippen molar-refractivity contribution in [2.24, 2.45) is 0 Å². The molecule has 2 aromatic rings. The van der Waals surface area contributed by atoms with E-state index < -0.39 is 0 Å². The van der Waals surface area contributed by atoms with Crippen LogP contribution in [-0.2, 0) is 0 Å². The highest BCUT2D eigenvalue weighted by molar-refractivity contribution is 9.10. The second-order valence-corrected chi connectivity index (χ2v) is 4.82. The molecular formula is C9H3BrCl3N3. The molecule has 0 saturated heterocycles. The number of halogens is 4. The first-order chi connectivity index (χ1) is 7.56. The Morgan fingerprint density at radius 1 is 0.938 bits per heavy atom. The third-order valence-electron chi connectivity index (χ3n) is 1.75. The maximum absolute atomic E-state index is 6.03. The van der Waals surface area contributed by atoms with Crippen molar-refractivity contribution in [1.82, 2.24) is 15.0 Å². The molecule has 0 aliphatic carbocycles. The smallest absolute Gasteiger partial charge is 0.198 e. The van der Waals surface area contributed by atoms with Gasteiger partial charge in [0.15, 0.2) is 5.82 Å². The van der Waals surface area contributed by atoms with Gasteiger partial charge in [0.2, 0.25) is 10.6 Å². The van der Waals surface area contributed by atoms with Crippen LogP contribution in [0.5, 0.6) is 0 Å². The Morgan fingerprint density at radius 3 is 2.19 bits per heavy atom. The predicted molar refractivity (Wildman–Crippen MR) is 68.0 cm³/mol. The number of benzene rings is 1. The minimum Gasteiger partial charge on any atom is -0.198 e. The minimum absolute atomic E-state index is 0.0334. The van der Waals surface area contributed by atoms with Gasteiger partial charge >= 0.3 is 0 Å². The summed E-state index contributed by atoms with van der Waals surface area (Å²) in [5, 5.41) is 0.582. The van der Waals surface area contributed by atoms with Crippen LogP contribution in [0.15, 0.2) is 22.7 Å². The van der Waals surface area contributed by atoms with Crippen molar-refractivity contribution in [2.75, 3.05) is 0 Å². The molecule has 0 fully saturated rings. The SMILES string of the molecule is Clc1nc(Cl)nc(-c2cc(Br)ccc2Cl)n1. The highest BCUT2D eigenvalue weighted by atomic mass is 79.9. The summed E-state index contributed by atoms with van der Waals surface area (Å²) in [7, 11) is 0. The van der Waals surface area contributed by atoms with E-state index in [1.54, 1.807) is 12.1 Å². The first-order valence-corrected chi connectivity index (χ1v) is 6.01. The molecule has 1 aromatic heterocycles. The summed E-state index contributed by atoms with van der Waals surface area (Å²) in [6.45, 7) is 0. The van der Waals surface area contributed by atoms with Gasteiger partial charge in [-0.25, -0.2) is 0 Å². The van der Waals surface area contributed by atoms with Gasteiger partial charge in [-0.2, -0.15) is 15.0 Å². The molecule has 0 aliphatic heterocycles. The third-order valence-corrected chi connectivity index (χ3v) is 2.91. The number of hydrogen-bond acceptors (Lipinski definition) is 3. The average molecular weight is 339 g/mol. The van der Waals surface area contributed by atoms with Crippen molar-refractivity contribution < 1.29 is 0 Å². The lowest BCUT2D eigenvalue weighted by Gasteiger charge is -2.03. The summed E-state index contributed by atoms with van der Waals surface area (Å²) in [5.41, 5.74) is 0.641. The average Bonchev–Trinajstić information content (AvgIpc) is 2.20. The van der Waals surface area contributed by atoms with E-state index in [2.05, 4.69) is 30.9 Å². The van der Waals surface area contributed by atoms with E-state index >= 15 is 0 Å². The van der Waals surface area contributed by atoms with E-state index in [0.717, 1.165) is 4.47 Å². The molecule has 7 heteroatoms. The van der Waals surface area contributed by atoms with Gasteiger partial charge in [0, 0.05) is 10.0 Å². The molecule has 16 heavy (non-hydrogen) atoms. The molecule has 0 amide bonds. The fourth-order valence-corrected chi connectivity index (χ4v) is 2.04. The van der Waals surface area contributed by atoms with Crippen LogP contribution < -0.4 is 0 Å². The molecule has 3 nitrogen and oxygen atoms in total. The zero-order valence-electron chi connectivity index (χ0n) is 7.59. The van der Waals surface area contributed by atoms with Gasteiger partial charge in [-0.1, -0.05) is 27.5 Å². The molecule has 1 heterocycles. The van der Waals surface area contributed by atoms with E-state index in [0.29, 0.717) is 16.4 Å². The van der Waals surface area contributed by atoms with Crippen molar-refractivity contribution >= 4 is 50.7 Å². The molecule has 1 aromatic carbocycles. The zero-order chi connectivity index (χ0) is 11.7. The lowest BCUT2D eigenvalue weighted by molar-refractivity contribution is 1.06. The maximum Gasteiger partial charge on any atom is 0.227 e. The Bertz CT molecular complexity index is 527. The largest absolute Gasteiger partial charge is 0.227 e. The summed E-state index contributed by atoms with van der Waals surface area (Å²) in [6.07, 6.45) is 0. The van der Waals surface area contributed by atoms with Crippen LogP contribution in [0.1, 0.15) is 0 Å². The number of nitrogens with zero attached hydrogens (tertiary/aromatic N) is 3. The Labute approximate surface area is 115 Å². The van der Waals surface area contributed by atoms with Crippen molar-refractivity contribution in [3.05, 3.63) is 38.3 Å². The van der Waals surface area contributed by atoms with E-state index in [9.17, 15) is 0 Å². The molecule has 0 saturated carbocycles. The van der Waals surface area contributed by atoms with Crippen molar-refractivity contribution in [1.29, 1.82) is 0 Å². The highest BCUT2D eigenvalue weighted by Gasteiger charge is 2.10. The molecule has 0 spiro atoms. The molecule has 82 valence electrons. The summed E-state index contributed by atoms with van der Waals surface area (Å²) < 4.78 is 0.861. The number of aromatic nitrogens is 3. The van der Waals surface area contributed by atoms with Gasteiger partial charge in [-0.05, 0) is 41.4 Å². The van der Waals surface area contributed by atoms with E-state index in [1.807, 2.05) is 6.07 Å². The van der Waals surface area contributed by atoms with Gasteiger partial charge in [0.05, 0.1) is 5.02 Å². The minimum atomic E-state index is 0.0334. The maximum atomic E-state index is 6.03. The fourth-order valence-electron chi connectivity index (χ4n) is 1.12. The lowest BCUT2D eigenvalue weighted by Crippen LogP contribution is -1.94. The third kappa shape index (κ3) is 2.63. The Morgan fingerprint density at radius 2 is 1.56 bits per heavy atom. The van der Waals surface area contributed by atoms with E-state index in [4.69, 9.17) is 34.8 Å². The summed E-state index contributed by atoms with van der Waals surface area (Å²) in [6, 6.07) is 5.33. The Hall–Kier alpha value is -0.420. The topological polar surface area (TPSA) is 38.7 Å². The van der Waals surface area contributed by atoms with Crippen LogP contribution >= 0.6 is 50.7 Å². The van der Waals surface area contributed by atoms with Crippen molar-refractivity contribution in [3.63, 3.8) is 0 Å². The molecule has 0 N–H and O–H groups in total. The quantitative estimate of drug-likeness (QED) is 0.779. The van der Waals surface area contributed by atoms with Crippen LogP contribution in [0.25, 0.3) is 11.4 Å². The highest BCUT2D eigenvalue weighted by Crippen LogP contribution is 2.29. The zero-order valence-corrected chi connectivity index (χ0v) is 11.4. The van der Waals surface area contributed by atoms with Gasteiger partial charge in [-0.15, -0.1) is 0 Å². The fraction of sp³-hybridized carbons (Fsp3) is 0. The van der Waals surface area contributed by atoms with Crippen LogP contribution in [0.4, 0.5) is 0 Å². The number of hydrogen-bond donors (Lipinski definition) is 0. The monoisotopic (exact) mass is 337 g/mol. The second-order valence-electron chi connectivity index (χ2n) is 2.82. The molecule has 0 atom stereocenters. The van der Waals surface area contributed by atoms with Gasteiger partial charge in [-0.3, -0.25) is 0 Å². The standard InChI is InChI=1S/C9H3BrCl3N3/c10-4-1-2-6(11)5(3-4)7-14-8(12)16-9(13)15-7/h1-3H. The molecule has 0 unspecified atom stereocenters. The summed E-state index contributed by atoms with van der Waals surface area (Å²) in [4.78, 5) is 11.6. The van der Waals surface area contributed by atoms with Gasteiger partial charge in [0.1, 0.15) is 0 Å². The number of rotatable bonds is 1. The molecule has 2 rings (SSSR count). The summed E-state index contributed by atoms with van der Waals surface area (Å²) >= 11 is 20.7. The van der Waals surface area contributed by atoms with Crippen molar-refractivity contribution in [3.8, 4) is 11.4 Å². The summed E-state index contributed by atoms with van der Waals surface area (Å²) in [5.74, 6) is 0.344. The normalized spacial score (nSPS) is 10.5. The molecule has 0 aliphatic rings. The van der Waals surface area contributed by atoms with Gasteiger partial charge in [0.25, 0.3) is 0 Å². The molecule has 0 bridgehead atoms. The Kier molecular flexibility index (Phi) is 3.64. The molecule has 0 radical (unpaired) electrons. The van der Waals surface area contributed by atoms with Gasteiger partial charge < -0.3 is 0 Å². The van der Waals surface area contributed by atoms with Crippen LogP contribution in [0, 0.1) is 0 Å². The first kappa shape index (κ1) is 12.0. The van der Waals surface area contributed by atoms with E-state index in [-0.39, 0.29) is 10.6 Å². The first-order valence-electron chi connectivity index (χ1n) is 4.09. The van der Waals surface area contributed by atoms with Crippen LogP contribution in [0.3, 0.4) is 0 Å². The van der Waals surface area contributed by atoms with Crippen molar-refractivity contribution in [2.45, 2.75) is 0 Å². The Balaban J connectivity index is 2.62. The predicted octanol–water partition coefficient (Wildman–Crippen LogP) is 4.26. The second kappa shape index (κ2) is 4.84. The molecular weight excluding hydrogens is 336 g/mol. The van der Waals surface area contributed by atoms with Crippen LogP contribution in [0.2, 0.25) is 15.6 Å². The van der Waals surface area contributed by atoms with Crippen LogP contribution in [-0.4, -0.2) is 15.0 Å². The van der Waals surface area contributed by atoms with E-state index in [1.165, 1.54) is 0 Å². The lowest BCUT2D eigenvalue weighted by atomic mass is 10.2.